The number of nitrogens with zero attached hydrogens (tertiary/aromatic N) is 1. The third-order valence-electron chi connectivity index (χ3n) is 2.52. The van der Waals surface area contributed by atoms with Crippen LogP contribution >= 0.6 is 0 Å². The van der Waals surface area contributed by atoms with Gasteiger partial charge in [0.05, 0.1) is 21.3 Å². The zero-order chi connectivity index (χ0) is 13.7. The molecule has 0 aliphatic carbocycles. The zero-order valence-corrected chi connectivity index (χ0v) is 11.0. The fourth-order valence-electron chi connectivity index (χ4n) is 1.58. The molecule has 2 N–H and O–H groups in total. The molecule has 0 fully saturated rings. The number of benzene rings is 1. The topological polar surface area (TPSA) is 74.0 Å². The minimum absolute atomic E-state index is 0.367. The number of urea groups is 1. The second-order valence-corrected chi connectivity index (χ2v) is 3.73. The summed E-state index contributed by atoms with van der Waals surface area (Å²) in [4.78, 5) is 12.4. The lowest BCUT2D eigenvalue weighted by atomic mass is 10.1. The van der Waals surface area contributed by atoms with Crippen molar-refractivity contribution in [2.45, 2.75) is 6.54 Å². The number of primary amides is 1. The van der Waals surface area contributed by atoms with E-state index in [9.17, 15) is 4.79 Å². The van der Waals surface area contributed by atoms with Crippen molar-refractivity contribution in [3.8, 4) is 17.2 Å². The molecule has 2 amide bonds. The van der Waals surface area contributed by atoms with Crippen LogP contribution in [0.2, 0.25) is 0 Å². The lowest BCUT2D eigenvalue weighted by molar-refractivity contribution is 0.216. The molecule has 0 atom stereocenters. The summed E-state index contributed by atoms with van der Waals surface area (Å²) in [6.45, 7) is 0.367. The number of hydrogen-bond acceptors (Lipinski definition) is 4. The van der Waals surface area contributed by atoms with Crippen LogP contribution in [0.4, 0.5) is 4.79 Å². The van der Waals surface area contributed by atoms with E-state index in [1.54, 1.807) is 33.4 Å². The van der Waals surface area contributed by atoms with Gasteiger partial charge in [-0.15, -0.1) is 0 Å². The Hall–Kier alpha value is -2.11. The number of carbonyl (C=O) groups excluding carboxylic acids is 1. The maximum atomic E-state index is 11.0. The van der Waals surface area contributed by atoms with Gasteiger partial charge in [0.15, 0.2) is 11.5 Å². The largest absolute Gasteiger partial charge is 0.493 e. The number of ether oxygens (including phenoxy) is 3. The van der Waals surface area contributed by atoms with Crippen molar-refractivity contribution < 1.29 is 19.0 Å². The highest BCUT2D eigenvalue weighted by Crippen LogP contribution is 2.38. The van der Waals surface area contributed by atoms with Gasteiger partial charge in [-0.05, 0) is 17.7 Å². The first-order chi connectivity index (χ1) is 8.53. The molecule has 0 spiro atoms. The van der Waals surface area contributed by atoms with Gasteiger partial charge in [0, 0.05) is 13.6 Å². The maximum Gasteiger partial charge on any atom is 0.314 e. The van der Waals surface area contributed by atoms with Gasteiger partial charge >= 0.3 is 6.03 Å². The van der Waals surface area contributed by atoms with Crippen LogP contribution < -0.4 is 19.9 Å². The summed E-state index contributed by atoms with van der Waals surface area (Å²) >= 11 is 0. The number of rotatable bonds is 5. The van der Waals surface area contributed by atoms with E-state index in [1.165, 1.54) is 12.0 Å². The summed E-state index contributed by atoms with van der Waals surface area (Å²) in [6, 6.07) is 3.06. The second-order valence-electron chi connectivity index (χ2n) is 3.73. The van der Waals surface area contributed by atoms with Gasteiger partial charge in [-0.3, -0.25) is 0 Å². The molecule has 0 aromatic heterocycles. The average Bonchev–Trinajstić information content (AvgIpc) is 2.37. The van der Waals surface area contributed by atoms with E-state index in [0.29, 0.717) is 23.8 Å². The first-order valence-electron chi connectivity index (χ1n) is 5.33. The first kappa shape index (κ1) is 14.0. The van der Waals surface area contributed by atoms with Gasteiger partial charge in [-0.2, -0.15) is 0 Å². The van der Waals surface area contributed by atoms with Crippen molar-refractivity contribution in [1.29, 1.82) is 0 Å². The fraction of sp³-hybridized carbons (Fsp3) is 0.417. The van der Waals surface area contributed by atoms with Crippen molar-refractivity contribution in [3.05, 3.63) is 17.7 Å². The van der Waals surface area contributed by atoms with E-state index < -0.39 is 6.03 Å². The van der Waals surface area contributed by atoms with E-state index in [1.807, 2.05) is 0 Å². The quantitative estimate of drug-likeness (QED) is 0.857. The SMILES string of the molecule is COc1cc(CN(C)C(N)=O)cc(OC)c1OC. The molecule has 100 valence electrons. The van der Waals surface area contributed by atoms with E-state index >= 15 is 0 Å². The number of amides is 2. The van der Waals surface area contributed by atoms with Crippen molar-refractivity contribution >= 4 is 6.03 Å². The highest BCUT2D eigenvalue weighted by atomic mass is 16.5. The van der Waals surface area contributed by atoms with Gasteiger partial charge in [-0.1, -0.05) is 0 Å². The normalized spacial score (nSPS) is 9.78. The smallest absolute Gasteiger partial charge is 0.314 e. The Bertz CT molecular complexity index is 409. The van der Waals surface area contributed by atoms with E-state index in [0.717, 1.165) is 5.56 Å². The summed E-state index contributed by atoms with van der Waals surface area (Å²) in [5.74, 6) is 1.61. The van der Waals surface area contributed by atoms with Crippen LogP contribution in [0.3, 0.4) is 0 Å². The Balaban J connectivity index is 3.11. The first-order valence-corrected chi connectivity index (χ1v) is 5.33. The number of hydrogen-bond donors (Lipinski definition) is 1. The molecule has 0 bridgehead atoms. The van der Waals surface area contributed by atoms with Gasteiger partial charge < -0.3 is 24.8 Å². The molecule has 1 aromatic rings. The summed E-state index contributed by atoms with van der Waals surface area (Å²) in [5.41, 5.74) is 6.02. The molecule has 0 saturated carbocycles. The van der Waals surface area contributed by atoms with Crippen LogP contribution in [0, 0.1) is 0 Å². The van der Waals surface area contributed by atoms with Gasteiger partial charge in [0.25, 0.3) is 0 Å². The highest BCUT2D eigenvalue weighted by Gasteiger charge is 2.14. The Morgan fingerprint density at radius 1 is 1.17 bits per heavy atom. The summed E-state index contributed by atoms with van der Waals surface area (Å²) in [6.07, 6.45) is 0. The van der Waals surface area contributed by atoms with E-state index in [4.69, 9.17) is 19.9 Å². The molecule has 0 saturated heterocycles. The summed E-state index contributed by atoms with van der Waals surface area (Å²) in [7, 11) is 6.23. The van der Waals surface area contributed by atoms with E-state index in [-0.39, 0.29) is 0 Å². The Kier molecular flexibility index (Phi) is 4.65. The molecule has 0 unspecified atom stereocenters. The zero-order valence-electron chi connectivity index (χ0n) is 11.0. The van der Waals surface area contributed by atoms with Gasteiger partial charge in [0.1, 0.15) is 0 Å². The molecule has 0 aliphatic heterocycles. The second kappa shape index (κ2) is 6.00. The molecule has 6 nitrogen and oxygen atoms in total. The third kappa shape index (κ3) is 2.97. The monoisotopic (exact) mass is 254 g/mol. The summed E-state index contributed by atoms with van der Waals surface area (Å²) < 4.78 is 15.7. The Labute approximate surface area is 106 Å². The highest BCUT2D eigenvalue weighted by molar-refractivity contribution is 5.71. The van der Waals surface area contributed by atoms with Crippen molar-refractivity contribution in [2.75, 3.05) is 28.4 Å². The standard InChI is InChI=1S/C12H18N2O4/c1-14(12(13)15)7-8-5-9(16-2)11(18-4)10(6-8)17-3/h5-6H,7H2,1-4H3,(H2,13,15). The van der Waals surface area contributed by atoms with Crippen LogP contribution in [0.1, 0.15) is 5.56 Å². The van der Waals surface area contributed by atoms with Crippen molar-refractivity contribution in [2.24, 2.45) is 5.73 Å². The molecule has 0 aliphatic rings. The molecular weight excluding hydrogens is 236 g/mol. The minimum Gasteiger partial charge on any atom is -0.493 e. The summed E-state index contributed by atoms with van der Waals surface area (Å²) in [5, 5.41) is 0. The van der Waals surface area contributed by atoms with Crippen LogP contribution in [0.15, 0.2) is 12.1 Å². The molecular formula is C12H18N2O4. The molecule has 18 heavy (non-hydrogen) atoms. The number of carbonyl (C=O) groups is 1. The maximum absolute atomic E-state index is 11.0. The van der Waals surface area contributed by atoms with Gasteiger partial charge in [-0.25, -0.2) is 4.79 Å². The average molecular weight is 254 g/mol. The third-order valence-corrected chi connectivity index (χ3v) is 2.52. The predicted octanol–water partition coefficient (Wildman–Crippen LogP) is 1.22. The van der Waals surface area contributed by atoms with Crippen LogP contribution in [0.25, 0.3) is 0 Å². The van der Waals surface area contributed by atoms with Crippen LogP contribution in [-0.4, -0.2) is 39.3 Å². The molecule has 1 aromatic carbocycles. The fourth-order valence-corrected chi connectivity index (χ4v) is 1.58. The molecule has 0 radical (unpaired) electrons. The predicted molar refractivity (Wildman–Crippen MR) is 67.1 cm³/mol. The molecule has 1 rings (SSSR count). The number of nitrogens with two attached hydrogens (primary N) is 1. The molecule has 6 heteroatoms. The number of methoxy groups -OCH3 is 3. The lowest BCUT2D eigenvalue weighted by Crippen LogP contribution is -2.31. The van der Waals surface area contributed by atoms with Crippen LogP contribution in [-0.2, 0) is 6.54 Å². The van der Waals surface area contributed by atoms with Crippen molar-refractivity contribution in [3.63, 3.8) is 0 Å². The van der Waals surface area contributed by atoms with E-state index in [2.05, 4.69) is 0 Å². The Morgan fingerprint density at radius 2 is 1.67 bits per heavy atom. The molecule has 0 heterocycles. The minimum atomic E-state index is -0.497. The van der Waals surface area contributed by atoms with Gasteiger partial charge in [0.2, 0.25) is 5.75 Å². The van der Waals surface area contributed by atoms with Crippen molar-refractivity contribution in [1.82, 2.24) is 4.90 Å². The van der Waals surface area contributed by atoms with Crippen LogP contribution in [0.5, 0.6) is 17.2 Å². The lowest BCUT2D eigenvalue weighted by Gasteiger charge is -2.17. The Morgan fingerprint density at radius 3 is 2.00 bits per heavy atom.